The first kappa shape index (κ1) is 14.4. The molecule has 5 heteroatoms. The zero-order chi connectivity index (χ0) is 14.5. The highest BCUT2D eigenvalue weighted by Crippen LogP contribution is 2.36. The second-order valence-corrected chi connectivity index (χ2v) is 4.86. The van der Waals surface area contributed by atoms with Crippen molar-refractivity contribution in [2.45, 2.75) is 6.61 Å². The van der Waals surface area contributed by atoms with Crippen molar-refractivity contribution in [2.75, 3.05) is 7.11 Å². The number of phenols is 1. The predicted octanol–water partition coefficient (Wildman–Crippen LogP) is 3.55. The van der Waals surface area contributed by atoms with Crippen molar-refractivity contribution in [3.63, 3.8) is 0 Å². The zero-order valence-electron chi connectivity index (χ0n) is 10.8. The first-order chi connectivity index (χ1) is 9.65. The smallest absolute Gasteiger partial charge is 0.172 e. The van der Waals surface area contributed by atoms with Crippen LogP contribution in [-0.2, 0) is 6.61 Å². The summed E-state index contributed by atoms with van der Waals surface area (Å²) < 4.78 is 10.9. The van der Waals surface area contributed by atoms with E-state index in [-0.39, 0.29) is 5.75 Å². The molecule has 0 saturated heterocycles. The minimum Gasteiger partial charge on any atom is -0.503 e. The van der Waals surface area contributed by atoms with Gasteiger partial charge >= 0.3 is 0 Å². The zero-order valence-corrected chi connectivity index (χ0v) is 12.4. The van der Waals surface area contributed by atoms with Crippen LogP contribution >= 0.6 is 15.9 Å². The van der Waals surface area contributed by atoms with Crippen molar-refractivity contribution in [1.29, 1.82) is 0 Å². The molecule has 2 rings (SSSR count). The highest BCUT2D eigenvalue weighted by molar-refractivity contribution is 9.10. The lowest BCUT2D eigenvalue weighted by Crippen LogP contribution is -1.97. The van der Waals surface area contributed by atoms with E-state index in [9.17, 15) is 9.90 Å². The lowest BCUT2D eigenvalue weighted by atomic mass is 10.2. The summed E-state index contributed by atoms with van der Waals surface area (Å²) in [6.45, 7) is 0.310. The number of aldehydes is 1. The number of hydrogen-bond donors (Lipinski definition) is 1. The van der Waals surface area contributed by atoms with Gasteiger partial charge in [-0.2, -0.15) is 0 Å². The average Bonchev–Trinajstić information content (AvgIpc) is 2.49. The summed E-state index contributed by atoms with van der Waals surface area (Å²) in [5.41, 5.74) is 1.32. The molecule has 0 aliphatic carbocycles. The SMILES string of the molecule is COc1ccc(COc2ccc(C=O)c(Br)c2O)cc1. The molecule has 104 valence electrons. The third-order valence-electron chi connectivity index (χ3n) is 2.79. The van der Waals surface area contributed by atoms with E-state index in [4.69, 9.17) is 9.47 Å². The molecule has 20 heavy (non-hydrogen) atoms. The summed E-state index contributed by atoms with van der Waals surface area (Å²) in [5.74, 6) is 1.01. The Labute approximate surface area is 125 Å². The summed E-state index contributed by atoms with van der Waals surface area (Å²) in [6.07, 6.45) is 0.664. The summed E-state index contributed by atoms with van der Waals surface area (Å²) in [6, 6.07) is 10.6. The van der Waals surface area contributed by atoms with E-state index in [2.05, 4.69) is 15.9 Å². The van der Waals surface area contributed by atoms with Crippen LogP contribution in [0.4, 0.5) is 0 Å². The number of rotatable bonds is 5. The Morgan fingerprint density at radius 1 is 1.20 bits per heavy atom. The highest BCUT2D eigenvalue weighted by atomic mass is 79.9. The molecule has 0 radical (unpaired) electrons. The van der Waals surface area contributed by atoms with Crippen molar-refractivity contribution in [3.05, 3.63) is 52.0 Å². The van der Waals surface area contributed by atoms with Crippen LogP contribution in [-0.4, -0.2) is 18.5 Å². The molecule has 0 atom stereocenters. The van der Waals surface area contributed by atoms with Gasteiger partial charge in [0.15, 0.2) is 17.8 Å². The summed E-state index contributed by atoms with van der Waals surface area (Å²) in [4.78, 5) is 10.7. The molecule has 0 bridgehead atoms. The van der Waals surface area contributed by atoms with Crippen LogP contribution in [0.2, 0.25) is 0 Å². The largest absolute Gasteiger partial charge is 0.503 e. The van der Waals surface area contributed by atoms with E-state index in [1.807, 2.05) is 24.3 Å². The van der Waals surface area contributed by atoms with Gasteiger partial charge in [0.05, 0.1) is 11.6 Å². The minimum atomic E-state index is -0.0805. The van der Waals surface area contributed by atoms with Crippen LogP contribution in [0.25, 0.3) is 0 Å². The van der Waals surface area contributed by atoms with E-state index in [1.165, 1.54) is 0 Å². The summed E-state index contributed by atoms with van der Waals surface area (Å²) in [5, 5.41) is 9.92. The molecular formula is C15H13BrO4. The number of aromatic hydroxyl groups is 1. The number of carbonyl (C=O) groups is 1. The van der Waals surface area contributed by atoms with Crippen molar-refractivity contribution >= 4 is 22.2 Å². The van der Waals surface area contributed by atoms with Gasteiger partial charge in [-0.1, -0.05) is 12.1 Å². The molecule has 2 aromatic rings. The lowest BCUT2D eigenvalue weighted by Gasteiger charge is -2.10. The Hall–Kier alpha value is -2.01. The first-order valence-corrected chi connectivity index (χ1v) is 6.67. The molecule has 1 N–H and O–H groups in total. The average molecular weight is 337 g/mol. The second kappa shape index (κ2) is 6.43. The number of hydrogen-bond acceptors (Lipinski definition) is 4. The number of benzene rings is 2. The molecule has 0 aliphatic rings. The van der Waals surface area contributed by atoms with E-state index in [0.29, 0.717) is 28.7 Å². The van der Waals surface area contributed by atoms with Gasteiger partial charge in [-0.25, -0.2) is 0 Å². The van der Waals surface area contributed by atoms with Gasteiger partial charge in [-0.05, 0) is 45.8 Å². The van der Waals surface area contributed by atoms with Gasteiger partial charge in [0.25, 0.3) is 0 Å². The van der Waals surface area contributed by atoms with Gasteiger partial charge in [0.2, 0.25) is 0 Å². The maximum Gasteiger partial charge on any atom is 0.172 e. The monoisotopic (exact) mass is 336 g/mol. The van der Waals surface area contributed by atoms with Gasteiger partial charge in [-0.15, -0.1) is 0 Å². The fourth-order valence-corrected chi connectivity index (χ4v) is 2.07. The van der Waals surface area contributed by atoms with Crippen molar-refractivity contribution in [2.24, 2.45) is 0 Å². The molecule has 2 aromatic carbocycles. The van der Waals surface area contributed by atoms with E-state index >= 15 is 0 Å². The van der Waals surface area contributed by atoms with Gasteiger partial charge in [0.1, 0.15) is 12.4 Å². The maximum absolute atomic E-state index is 10.7. The number of methoxy groups -OCH3 is 1. The quantitative estimate of drug-likeness (QED) is 0.848. The Balaban J connectivity index is 2.10. The Morgan fingerprint density at radius 3 is 2.50 bits per heavy atom. The van der Waals surface area contributed by atoms with Gasteiger partial charge in [-0.3, -0.25) is 4.79 Å². The van der Waals surface area contributed by atoms with E-state index < -0.39 is 0 Å². The van der Waals surface area contributed by atoms with Crippen molar-refractivity contribution in [3.8, 4) is 17.2 Å². The fourth-order valence-electron chi connectivity index (χ4n) is 1.65. The number of ether oxygens (including phenoxy) is 2. The number of phenolic OH excluding ortho intramolecular Hbond substituents is 1. The van der Waals surface area contributed by atoms with Crippen LogP contribution < -0.4 is 9.47 Å². The Bertz CT molecular complexity index is 608. The molecule has 0 heterocycles. The molecule has 0 spiro atoms. The van der Waals surface area contributed by atoms with E-state index in [1.54, 1.807) is 19.2 Å². The minimum absolute atomic E-state index is 0.0805. The van der Waals surface area contributed by atoms with Crippen molar-refractivity contribution in [1.82, 2.24) is 0 Å². The maximum atomic E-state index is 10.7. The molecule has 0 aromatic heterocycles. The molecular weight excluding hydrogens is 324 g/mol. The summed E-state index contributed by atoms with van der Waals surface area (Å²) >= 11 is 3.16. The summed E-state index contributed by atoms with van der Waals surface area (Å²) in [7, 11) is 1.61. The molecule has 0 unspecified atom stereocenters. The van der Waals surface area contributed by atoms with Crippen molar-refractivity contribution < 1.29 is 19.4 Å². The number of carbonyl (C=O) groups excluding carboxylic acids is 1. The van der Waals surface area contributed by atoms with Crippen LogP contribution in [0.15, 0.2) is 40.9 Å². The highest BCUT2D eigenvalue weighted by Gasteiger charge is 2.11. The molecule has 0 aliphatic heterocycles. The third kappa shape index (κ3) is 3.11. The Morgan fingerprint density at radius 2 is 1.90 bits per heavy atom. The fraction of sp³-hybridized carbons (Fsp3) is 0.133. The van der Waals surface area contributed by atoms with Gasteiger partial charge in [0, 0.05) is 5.56 Å². The van der Waals surface area contributed by atoms with Crippen LogP contribution in [0.1, 0.15) is 15.9 Å². The van der Waals surface area contributed by atoms with Crippen LogP contribution in [0, 0.1) is 0 Å². The lowest BCUT2D eigenvalue weighted by molar-refractivity contribution is 0.112. The van der Waals surface area contributed by atoms with Crippen LogP contribution in [0.3, 0.4) is 0 Å². The molecule has 4 nitrogen and oxygen atoms in total. The standard InChI is InChI=1S/C15H13BrO4/c1-19-12-5-2-10(3-6-12)9-20-13-7-4-11(8-17)14(16)15(13)18/h2-8,18H,9H2,1H3. The van der Waals surface area contributed by atoms with Gasteiger partial charge < -0.3 is 14.6 Å². The first-order valence-electron chi connectivity index (χ1n) is 5.88. The Kier molecular flexibility index (Phi) is 4.63. The van der Waals surface area contributed by atoms with E-state index in [0.717, 1.165) is 11.3 Å². The van der Waals surface area contributed by atoms with Crippen LogP contribution in [0.5, 0.6) is 17.2 Å². The second-order valence-electron chi connectivity index (χ2n) is 4.07. The predicted molar refractivity (Wildman–Crippen MR) is 78.5 cm³/mol. The topological polar surface area (TPSA) is 55.8 Å². The third-order valence-corrected chi connectivity index (χ3v) is 3.62. The molecule has 0 amide bonds. The normalized spacial score (nSPS) is 10.1. The molecule has 0 fully saturated rings. The number of halogens is 1. The molecule has 0 saturated carbocycles.